The number of urea groups is 1. The number of aliphatic hydroxyl groups is 1. The summed E-state index contributed by atoms with van der Waals surface area (Å²) in [6.45, 7) is 3.68. The highest BCUT2D eigenvalue weighted by molar-refractivity contribution is 5.95. The first kappa shape index (κ1) is 33.2. The van der Waals surface area contributed by atoms with Gasteiger partial charge in [0.2, 0.25) is 0 Å². The first-order valence-electron chi connectivity index (χ1n) is 14.3. The SMILES string of the molecule is CCOc1cc([C@@H]2NC(=O)NC(C)=C2C(=O)OC)ccc1OC[C@@H](O)N/N=C/c1cccc(OC)c1OCc1ccccc1C#N. The third-order valence-electron chi connectivity index (χ3n) is 6.84. The molecule has 0 bridgehead atoms. The second-order valence-electron chi connectivity index (χ2n) is 9.85. The summed E-state index contributed by atoms with van der Waals surface area (Å²) >= 11 is 0. The van der Waals surface area contributed by atoms with Gasteiger partial charge in [0.1, 0.15) is 13.2 Å². The molecule has 46 heavy (non-hydrogen) atoms. The lowest BCUT2D eigenvalue weighted by Crippen LogP contribution is -2.45. The van der Waals surface area contributed by atoms with E-state index in [4.69, 9.17) is 23.7 Å². The van der Waals surface area contributed by atoms with Crippen molar-refractivity contribution in [1.82, 2.24) is 16.1 Å². The lowest BCUT2D eigenvalue weighted by atomic mass is 9.95. The summed E-state index contributed by atoms with van der Waals surface area (Å²) in [5, 5.41) is 29.4. The van der Waals surface area contributed by atoms with Gasteiger partial charge in [-0.1, -0.05) is 30.3 Å². The molecule has 0 radical (unpaired) electrons. The van der Waals surface area contributed by atoms with Gasteiger partial charge in [-0.05, 0) is 49.7 Å². The second kappa shape index (κ2) is 15.8. The molecular formula is C33H35N5O8. The van der Waals surface area contributed by atoms with Crippen LogP contribution in [0, 0.1) is 11.3 Å². The van der Waals surface area contributed by atoms with Crippen LogP contribution >= 0.6 is 0 Å². The summed E-state index contributed by atoms with van der Waals surface area (Å²) in [5.41, 5.74) is 5.63. The van der Waals surface area contributed by atoms with Crippen LogP contribution in [0.2, 0.25) is 0 Å². The van der Waals surface area contributed by atoms with Crippen molar-refractivity contribution in [3.63, 3.8) is 0 Å². The molecule has 0 fully saturated rings. The fourth-order valence-electron chi connectivity index (χ4n) is 4.67. The molecule has 0 unspecified atom stereocenters. The first-order chi connectivity index (χ1) is 22.3. The van der Waals surface area contributed by atoms with Crippen molar-refractivity contribution in [1.29, 1.82) is 5.26 Å². The molecule has 2 amide bonds. The predicted molar refractivity (Wildman–Crippen MR) is 167 cm³/mol. The van der Waals surface area contributed by atoms with Crippen LogP contribution in [0.1, 0.15) is 42.1 Å². The van der Waals surface area contributed by atoms with Gasteiger partial charge in [0.25, 0.3) is 0 Å². The average molecular weight is 630 g/mol. The van der Waals surface area contributed by atoms with Crippen LogP contribution in [-0.2, 0) is 16.1 Å². The van der Waals surface area contributed by atoms with E-state index in [1.807, 2.05) is 12.1 Å². The van der Waals surface area contributed by atoms with E-state index in [0.29, 0.717) is 52.0 Å². The number of carbonyl (C=O) groups is 2. The Morgan fingerprint density at radius 2 is 1.89 bits per heavy atom. The number of carbonyl (C=O) groups excluding carboxylic acids is 2. The Bertz CT molecular complexity index is 1670. The van der Waals surface area contributed by atoms with E-state index in [1.165, 1.54) is 20.4 Å². The van der Waals surface area contributed by atoms with Crippen molar-refractivity contribution >= 4 is 18.2 Å². The maximum Gasteiger partial charge on any atom is 0.337 e. The molecule has 2 atom stereocenters. The molecule has 3 aromatic rings. The zero-order valence-corrected chi connectivity index (χ0v) is 25.8. The summed E-state index contributed by atoms with van der Waals surface area (Å²) in [5.74, 6) is 0.988. The van der Waals surface area contributed by atoms with Gasteiger partial charge in [0.15, 0.2) is 29.2 Å². The zero-order chi connectivity index (χ0) is 33.1. The molecule has 13 heteroatoms. The molecule has 0 aromatic heterocycles. The molecule has 1 heterocycles. The van der Waals surface area contributed by atoms with Gasteiger partial charge in [-0.15, -0.1) is 0 Å². The number of rotatable bonds is 14. The van der Waals surface area contributed by atoms with E-state index < -0.39 is 24.3 Å². The van der Waals surface area contributed by atoms with Crippen molar-refractivity contribution < 1.29 is 38.4 Å². The Kier molecular flexibility index (Phi) is 11.4. The molecule has 1 aliphatic rings. The number of nitrogens with one attached hydrogen (secondary N) is 3. The Hall–Kier alpha value is -5.74. The Morgan fingerprint density at radius 1 is 1.09 bits per heavy atom. The molecule has 0 saturated carbocycles. The number of benzene rings is 3. The number of aliphatic hydroxyl groups excluding tert-OH is 1. The van der Waals surface area contributed by atoms with Crippen LogP contribution in [-0.4, -0.2) is 57.0 Å². The van der Waals surface area contributed by atoms with E-state index in [0.717, 1.165) is 5.56 Å². The number of allylic oxidation sites excluding steroid dienone is 1. The number of hydrogen-bond donors (Lipinski definition) is 4. The van der Waals surface area contributed by atoms with Crippen molar-refractivity contribution in [2.45, 2.75) is 32.7 Å². The Labute approximate surface area is 266 Å². The third kappa shape index (κ3) is 8.04. The molecule has 13 nitrogen and oxygen atoms in total. The number of hydrazone groups is 1. The van der Waals surface area contributed by atoms with Gasteiger partial charge in [0, 0.05) is 16.8 Å². The summed E-state index contributed by atoms with van der Waals surface area (Å²) < 4.78 is 28.0. The van der Waals surface area contributed by atoms with Crippen LogP contribution in [0.15, 0.2) is 77.0 Å². The highest BCUT2D eigenvalue weighted by Crippen LogP contribution is 2.35. The van der Waals surface area contributed by atoms with Gasteiger partial charge in [-0.25, -0.2) is 9.59 Å². The molecule has 0 aliphatic carbocycles. The van der Waals surface area contributed by atoms with Crippen LogP contribution in [0.25, 0.3) is 0 Å². The number of nitriles is 1. The number of ether oxygens (including phenoxy) is 5. The van der Waals surface area contributed by atoms with E-state index in [1.54, 1.807) is 62.4 Å². The summed E-state index contributed by atoms with van der Waals surface area (Å²) in [6, 6.07) is 18.3. The van der Waals surface area contributed by atoms with Crippen molar-refractivity contribution in [3.05, 3.63) is 94.2 Å². The lowest BCUT2D eigenvalue weighted by molar-refractivity contribution is -0.136. The van der Waals surface area contributed by atoms with E-state index in [-0.39, 0.29) is 18.8 Å². The Morgan fingerprint density at radius 3 is 2.63 bits per heavy atom. The van der Waals surface area contributed by atoms with Crippen LogP contribution < -0.4 is 35.0 Å². The number of nitrogens with zero attached hydrogens (tertiary/aromatic N) is 2. The van der Waals surface area contributed by atoms with Crippen LogP contribution in [0.3, 0.4) is 0 Å². The molecule has 4 rings (SSSR count). The third-order valence-corrected chi connectivity index (χ3v) is 6.84. The fraction of sp³-hybridized carbons (Fsp3) is 0.273. The van der Waals surface area contributed by atoms with E-state index in [9.17, 15) is 20.0 Å². The maximum absolute atomic E-state index is 12.5. The minimum atomic E-state index is -1.21. The lowest BCUT2D eigenvalue weighted by Gasteiger charge is -2.28. The van der Waals surface area contributed by atoms with Crippen LogP contribution in [0.4, 0.5) is 4.79 Å². The molecule has 0 spiro atoms. The highest BCUT2D eigenvalue weighted by atomic mass is 16.5. The molecule has 1 aliphatic heterocycles. The average Bonchev–Trinajstić information content (AvgIpc) is 3.06. The van der Waals surface area contributed by atoms with Crippen LogP contribution in [0.5, 0.6) is 23.0 Å². The fourth-order valence-corrected chi connectivity index (χ4v) is 4.67. The smallest absolute Gasteiger partial charge is 0.337 e. The van der Waals surface area contributed by atoms with Gasteiger partial charge in [-0.2, -0.15) is 10.4 Å². The second-order valence-corrected chi connectivity index (χ2v) is 9.85. The monoisotopic (exact) mass is 629 g/mol. The number of esters is 1. The van der Waals surface area contributed by atoms with Gasteiger partial charge < -0.3 is 39.4 Å². The number of hydrogen-bond acceptors (Lipinski definition) is 11. The maximum atomic E-state index is 12.5. The molecule has 3 aromatic carbocycles. The molecule has 4 N–H and O–H groups in total. The highest BCUT2D eigenvalue weighted by Gasteiger charge is 2.32. The summed E-state index contributed by atoms with van der Waals surface area (Å²) in [7, 11) is 2.79. The van der Waals surface area contributed by atoms with Crippen molar-refractivity contribution in [3.8, 4) is 29.1 Å². The van der Waals surface area contributed by atoms with Gasteiger partial charge in [0.05, 0.1) is 50.3 Å². The molecular weight excluding hydrogens is 594 g/mol. The summed E-state index contributed by atoms with van der Waals surface area (Å²) in [6.07, 6.45) is 0.266. The van der Waals surface area contributed by atoms with Gasteiger partial charge >= 0.3 is 12.0 Å². The quantitative estimate of drug-likeness (QED) is 0.0892. The first-order valence-corrected chi connectivity index (χ1v) is 14.3. The number of methoxy groups -OCH3 is 2. The minimum absolute atomic E-state index is 0.139. The minimum Gasteiger partial charge on any atom is -0.493 e. The molecule has 240 valence electrons. The van der Waals surface area contributed by atoms with Gasteiger partial charge in [-0.3, -0.25) is 5.43 Å². The normalized spacial score (nSPS) is 14.9. The zero-order valence-electron chi connectivity index (χ0n) is 25.8. The standard InChI is InChI=1S/C33H35N5O8/c1-5-44-27-15-21(30-29(32(40)43-4)20(2)36-33(41)37-30)13-14-25(27)45-19-28(39)38-35-17-23-11-8-12-26(42-3)31(23)46-18-24-10-7-6-9-22(24)16-34/h6-15,17,28,30,38-39H,5,18-19H2,1-4H3,(H2,36,37,41)/b35-17+/t28-,30+/m1/s1. The summed E-state index contributed by atoms with van der Waals surface area (Å²) in [4.78, 5) is 24.6. The largest absolute Gasteiger partial charge is 0.493 e. The van der Waals surface area contributed by atoms with E-state index in [2.05, 4.69) is 27.2 Å². The topological polar surface area (TPSA) is 173 Å². The number of amides is 2. The van der Waals surface area contributed by atoms with Crippen molar-refractivity contribution in [2.24, 2.45) is 5.10 Å². The Balaban J connectivity index is 1.43. The number of para-hydroxylation sites is 1. The predicted octanol–water partition coefficient (Wildman–Crippen LogP) is 3.67. The van der Waals surface area contributed by atoms with Crippen molar-refractivity contribution in [2.75, 3.05) is 27.4 Å². The molecule has 0 saturated heterocycles. The van der Waals surface area contributed by atoms with E-state index >= 15 is 0 Å².